The Kier molecular flexibility index (Phi) is 5.22. The number of ketones is 1. The van der Waals surface area contributed by atoms with E-state index >= 15 is 0 Å². The van der Waals surface area contributed by atoms with E-state index in [0.29, 0.717) is 35.9 Å². The molecule has 0 fully saturated rings. The highest BCUT2D eigenvalue weighted by molar-refractivity contribution is 7.15. The van der Waals surface area contributed by atoms with Gasteiger partial charge in [0.25, 0.3) is 5.91 Å². The fourth-order valence-electron chi connectivity index (χ4n) is 2.87. The summed E-state index contributed by atoms with van der Waals surface area (Å²) in [5, 5.41) is 7.33. The van der Waals surface area contributed by atoms with Gasteiger partial charge in [-0.2, -0.15) is 5.10 Å². The Morgan fingerprint density at radius 1 is 1.23 bits per heavy atom. The maximum absolute atomic E-state index is 12.2. The van der Waals surface area contributed by atoms with Gasteiger partial charge < -0.3 is 10.2 Å². The van der Waals surface area contributed by atoms with Gasteiger partial charge in [-0.3, -0.25) is 19.1 Å². The number of hydrogen-bond donors (Lipinski definition) is 1. The van der Waals surface area contributed by atoms with Gasteiger partial charge in [-0.25, -0.2) is 0 Å². The summed E-state index contributed by atoms with van der Waals surface area (Å²) in [6.07, 6.45) is 0. The summed E-state index contributed by atoms with van der Waals surface area (Å²) >= 11 is 1.19. The zero-order valence-corrected chi connectivity index (χ0v) is 15.9. The van der Waals surface area contributed by atoms with E-state index in [0.717, 1.165) is 11.4 Å². The monoisotopic (exact) mass is 374 g/mol. The van der Waals surface area contributed by atoms with Crippen LogP contribution in [0.3, 0.4) is 0 Å². The summed E-state index contributed by atoms with van der Waals surface area (Å²) < 4.78 is 1.89. The Morgan fingerprint density at radius 3 is 2.62 bits per heavy atom. The fraction of sp³-hybridized carbons (Fsp3) is 0.444. The lowest BCUT2D eigenvalue weighted by Crippen LogP contribution is -2.40. The molecule has 0 spiro atoms. The van der Waals surface area contributed by atoms with Crippen LogP contribution in [0.25, 0.3) is 0 Å². The van der Waals surface area contributed by atoms with Crippen molar-refractivity contribution in [2.24, 2.45) is 5.92 Å². The van der Waals surface area contributed by atoms with Crippen LogP contribution < -0.4 is 5.32 Å². The van der Waals surface area contributed by atoms with Crippen molar-refractivity contribution in [1.82, 2.24) is 20.0 Å². The Hall–Kier alpha value is -2.48. The van der Waals surface area contributed by atoms with Crippen molar-refractivity contribution in [2.75, 3.05) is 6.54 Å². The van der Waals surface area contributed by atoms with E-state index in [4.69, 9.17) is 0 Å². The highest BCUT2D eigenvalue weighted by Gasteiger charge is 2.24. The van der Waals surface area contributed by atoms with Crippen molar-refractivity contribution in [3.8, 4) is 0 Å². The zero-order chi connectivity index (χ0) is 18.8. The largest absolute Gasteiger partial charge is 0.346 e. The van der Waals surface area contributed by atoms with Gasteiger partial charge in [-0.15, -0.1) is 11.3 Å². The van der Waals surface area contributed by atoms with E-state index in [1.54, 1.807) is 12.1 Å². The molecule has 3 rings (SSSR count). The standard InChI is InChI=1S/C18H22N4O3S/c1-11(2)18(25)21-6-7-22-14(10-21)8-13(20-22)9-19-17(24)16-5-4-15(26-16)12(3)23/h4-5,8,11H,6-7,9-10H2,1-3H3,(H,19,24). The van der Waals surface area contributed by atoms with Crippen LogP contribution in [0.15, 0.2) is 18.2 Å². The van der Waals surface area contributed by atoms with E-state index in [9.17, 15) is 14.4 Å². The third-order valence-corrected chi connectivity index (χ3v) is 5.45. The van der Waals surface area contributed by atoms with E-state index in [-0.39, 0.29) is 23.5 Å². The van der Waals surface area contributed by atoms with Gasteiger partial charge in [0.15, 0.2) is 5.78 Å². The Balaban J connectivity index is 1.61. The highest BCUT2D eigenvalue weighted by Crippen LogP contribution is 2.18. The molecular formula is C18H22N4O3S. The molecule has 8 heteroatoms. The van der Waals surface area contributed by atoms with Crippen molar-refractivity contribution in [2.45, 2.75) is 40.4 Å². The second kappa shape index (κ2) is 7.41. The molecule has 0 bridgehead atoms. The first kappa shape index (κ1) is 18.3. The van der Waals surface area contributed by atoms with Crippen LogP contribution in [0.4, 0.5) is 0 Å². The molecule has 0 saturated carbocycles. The van der Waals surface area contributed by atoms with Gasteiger partial charge in [0.1, 0.15) is 0 Å². The molecule has 0 aromatic carbocycles. The molecule has 3 heterocycles. The van der Waals surface area contributed by atoms with Crippen molar-refractivity contribution < 1.29 is 14.4 Å². The van der Waals surface area contributed by atoms with Gasteiger partial charge in [0.2, 0.25) is 5.91 Å². The minimum Gasteiger partial charge on any atom is -0.346 e. The number of aromatic nitrogens is 2. The number of nitrogens with one attached hydrogen (secondary N) is 1. The summed E-state index contributed by atoms with van der Waals surface area (Å²) in [7, 11) is 0. The number of rotatable bonds is 5. The number of amides is 2. The zero-order valence-electron chi connectivity index (χ0n) is 15.1. The molecule has 0 atom stereocenters. The van der Waals surface area contributed by atoms with E-state index in [1.165, 1.54) is 18.3 Å². The van der Waals surface area contributed by atoms with Crippen LogP contribution in [-0.4, -0.2) is 38.8 Å². The maximum atomic E-state index is 12.2. The summed E-state index contributed by atoms with van der Waals surface area (Å²) in [6, 6.07) is 5.25. The van der Waals surface area contributed by atoms with Crippen molar-refractivity contribution in [3.05, 3.63) is 39.3 Å². The van der Waals surface area contributed by atoms with Crippen molar-refractivity contribution >= 4 is 28.9 Å². The average Bonchev–Trinajstić information content (AvgIpc) is 3.24. The summed E-state index contributed by atoms with van der Waals surface area (Å²) in [5.41, 5.74) is 1.74. The lowest BCUT2D eigenvalue weighted by Gasteiger charge is -2.29. The number of nitrogens with zero attached hydrogens (tertiary/aromatic N) is 3. The number of thiophene rings is 1. The maximum Gasteiger partial charge on any atom is 0.261 e. The highest BCUT2D eigenvalue weighted by atomic mass is 32.1. The second-order valence-corrected chi connectivity index (χ2v) is 7.75. The summed E-state index contributed by atoms with van der Waals surface area (Å²) in [5.74, 6) is -0.137. The van der Waals surface area contributed by atoms with Gasteiger partial charge >= 0.3 is 0 Å². The molecule has 2 amide bonds. The first-order valence-corrected chi connectivity index (χ1v) is 9.40. The molecule has 0 aliphatic carbocycles. The van der Waals surface area contributed by atoms with Crippen LogP contribution in [0.2, 0.25) is 0 Å². The molecular weight excluding hydrogens is 352 g/mol. The van der Waals surface area contributed by atoms with Gasteiger partial charge in [-0.1, -0.05) is 13.8 Å². The number of hydrogen-bond acceptors (Lipinski definition) is 5. The molecule has 2 aromatic heterocycles. The van der Waals surface area contributed by atoms with E-state index < -0.39 is 0 Å². The average molecular weight is 374 g/mol. The normalized spacial score (nSPS) is 13.6. The Morgan fingerprint density at radius 2 is 1.96 bits per heavy atom. The fourth-order valence-corrected chi connectivity index (χ4v) is 3.69. The molecule has 1 N–H and O–H groups in total. The summed E-state index contributed by atoms with van der Waals surface area (Å²) in [6.45, 7) is 7.45. The van der Waals surface area contributed by atoms with Gasteiger partial charge in [0, 0.05) is 12.5 Å². The van der Waals surface area contributed by atoms with Crippen LogP contribution in [0.5, 0.6) is 0 Å². The Labute approximate surface area is 156 Å². The smallest absolute Gasteiger partial charge is 0.261 e. The van der Waals surface area contributed by atoms with Crippen LogP contribution in [0.1, 0.15) is 51.5 Å². The van der Waals surface area contributed by atoms with Gasteiger partial charge in [0.05, 0.1) is 40.8 Å². The minimum atomic E-state index is -0.218. The Bertz CT molecular complexity index is 852. The number of fused-ring (bicyclic) bond motifs is 1. The predicted octanol–water partition coefficient (Wildman–Crippen LogP) is 2.08. The van der Waals surface area contributed by atoms with Gasteiger partial charge in [-0.05, 0) is 25.1 Å². The number of Topliss-reactive ketones (excluding diaryl/α,β-unsaturated/α-hetero) is 1. The SMILES string of the molecule is CC(=O)c1ccc(C(=O)NCc2cc3n(n2)CCN(C(=O)C(C)C)C3)s1. The summed E-state index contributed by atoms with van der Waals surface area (Å²) in [4.78, 5) is 38.6. The lowest BCUT2D eigenvalue weighted by molar-refractivity contribution is -0.136. The second-order valence-electron chi connectivity index (χ2n) is 6.67. The molecule has 0 radical (unpaired) electrons. The number of carbonyl (C=O) groups is 3. The molecule has 138 valence electrons. The molecule has 26 heavy (non-hydrogen) atoms. The third-order valence-electron chi connectivity index (χ3n) is 4.26. The molecule has 1 aliphatic rings. The topological polar surface area (TPSA) is 84.3 Å². The molecule has 0 unspecified atom stereocenters. The van der Waals surface area contributed by atoms with Crippen molar-refractivity contribution in [1.29, 1.82) is 0 Å². The third kappa shape index (κ3) is 3.85. The minimum absolute atomic E-state index is 0.0195. The van der Waals surface area contributed by atoms with E-state index in [1.807, 2.05) is 29.5 Å². The predicted molar refractivity (Wildman–Crippen MR) is 98.0 cm³/mol. The molecule has 7 nitrogen and oxygen atoms in total. The number of carbonyl (C=O) groups excluding carboxylic acids is 3. The quantitative estimate of drug-likeness (QED) is 0.812. The van der Waals surface area contributed by atoms with Crippen LogP contribution in [0, 0.1) is 5.92 Å². The van der Waals surface area contributed by atoms with Crippen LogP contribution in [-0.2, 0) is 24.4 Å². The molecule has 0 saturated heterocycles. The lowest BCUT2D eigenvalue weighted by atomic mass is 10.1. The van der Waals surface area contributed by atoms with Crippen LogP contribution >= 0.6 is 11.3 Å². The first-order chi connectivity index (χ1) is 12.3. The molecule has 1 aliphatic heterocycles. The first-order valence-electron chi connectivity index (χ1n) is 8.58. The van der Waals surface area contributed by atoms with Crippen molar-refractivity contribution in [3.63, 3.8) is 0 Å². The molecule has 2 aromatic rings. The van der Waals surface area contributed by atoms with E-state index in [2.05, 4.69) is 10.4 Å².